The minimum absolute atomic E-state index is 0.565. The Morgan fingerprint density at radius 3 is 1.94 bits per heavy atom. The molecular formula is C43H27ClN2O. The van der Waals surface area contributed by atoms with Crippen molar-refractivity contribution >= 4 is 44.5 Å². The molecule has 7 aromatic carbocycles. The molecular weight excluding hydrogens is 596 g/mol. The van der Waals surface area contributed by atoms with Crippen LogP contribution in [-0.4, -0.2) is 9.55 Å². The number of aromatic nitrogens is 2. The maximum Gasteiger partial charge on any atom is 0.227 e. The number of rotatable bonds is 5. The fourth-order valence-electron chi connectivity index (χ4n) is 6.64. The van der Waals surface area contributed by atoms with Crippen molar-refractivity contribution in [3.8, 4) is 50.5 Å². The molecule has 0 aliphatic rings. The van der Waals surface area contributed by atoms with Gasteiger partial charge in [-0.05, 0) is 101 Å². The highest BCUT2D eigenvalue weighted by atomic mass is 35.5. The van der Waals surface area contributed by atoms with Gasteiger partial charge in [0.05, 0.1) is 11.0 Å². The molecule has 0 saturated heterocycles. The van der Waals surface area contributed by atoms with E-state index >= 15 is 0 Å². The maximum absolute atomic E-state index is 6.49. The van der Waals surface area contributed by atoms with Crippen molar-refractivity contribution < 1.29 is 4.42 Å². The highest BCUT2D eigenvalue weighted by Crippen LogP contribution is 2.40. The number of benzene rings is 7. The van der Waals surface area contributed by atoms with Gasteiger partial charge < -0.3 is 8.98 Å². The number of oxazole rings is 1. The third kappa shape index (κ3) is 4.80. The molecule has 4 heteroatoms. The predicted molar refractivity (Wildman–Crippen MR) is 195 cm³/mol. The Bertz CT molecular complexity index is 2560. The molecule has 0 N–H and O–H groups in total. The molecule has 0 bridgehead atoms. The van der Waals surface area contributed by atoms with E-state index in [1.54, 1.807) is 0 Å². The first-order valence-electron chi connectivity index (χ1n) is 15.6. The van der Waals surface area contributed by atoms with Crippen molar-refractivity contribution in [2.24, 2.45) is 0 Å². The van der Waals surface area contributed by atoms with Gasteiger partial charge in [0.15, 0.2) is 5.58 Å². The Hall–Kier alpha value is -5.90. The van der Waals surface area contributed by atoms with Crippen molar-refractivity contribution in [2.45, 2.75) is 0 Å². The third-order valence-electron chi connectivity index (χ3n) is 8.89. The minimum atomic E-state index is 0.565. The molecule has 0 fully saturated rings. The van der Waals surface area contributed by atoms with Crippen molar-refractivity contribution in [3.05, 3.63) is 169 Å². The van der Waals surface area contributed by atoms with E-state index in [1.165, 1.54) is 27.4 Å². The summed E-state index contributed by atoms with van der Waals surface area (Å²) in [6.07, 6.45) is 0. The van der Waals surface area contributed by atoms with E-state index < -0.39 is 0 Å². The lowest BCUT2D eigenvalue weighted by molar-refractivity contribution is 0.620. The molecule has 47 heavy (non-hydrogen) atoms. The van der Waals surface area contributed by atoms with Gasteiger partial charge in [-0.1, -0.05) is 103 Å². The standard InChI is InChI=1S/C43H27ClN2O/c44-34-21-18-29(19-22-34)43-45-42-37(26-33(27-41(42)47-43)31-13-9-12-30(24-31)28-10-3-1-4-11-28)32-20-23-40-38(25-32)36-16-7-8-17-39(36)46(40)35-14-5-2-6-15-35/h1-27H. The lowest BCUT2D eigenvalue weighted by Crippen LogP contribution is -1.93. The van der Waals surface area contributed by atoms with Crippen LogP contribution in [0.5, 0.6) is 0 Å². The lowest BCUT2D eigenvalue weighted by Gasteiger charge is -2.10. The Morgan fingerprint density at radius 1 is 0.468 bits per heavy atom. The van der Waals surface area contributed by atoms with Gasteiger partial charge in [0, 0.05) is 32.6 Å². The number of fused-ring (bicyclic) bond motifs is 4. The van der Waals surface area contributed by atoms with Crippen LogP contribution in [-0.2, 0) is 0 Å². The molecule has 0 radical (unpaired) electrons. The molecule has 0 aliphatic heterocycles. The van der Waals surface area contributed by atoms with E-state index in [0.29, 0.717) is 10.9 Å². The van der Waals surface area contributed by atoms with Crippen LogP contribution in [0.3, 0.4) is 0 Å². The number of hydrogen-bond donors (Lipinski definition) is 0. The van der Waals surface area contributed by atoms with Gasteiger partial charge in [-0.2, -0.15) is 0 Å². The Balaban J connectivity index is 1.27. The van der Waals surface area contributed by atoms with Crippen molar-refractivity contribution in [3.63, 3.8) is 0 Å². The number of para-hydroxylation sites is 2. The van der Waals surface area contributed by atoms with Crippen LogP contribution < -0.4 is 0 Å². The van der Waals surface area contributed by atoms with E-state index in [4.69, 9.17) is 21.0 Å². The summed E-state index contributed by atoms with van der Waals surface area (Å²) in [5, 5.41) is 3.07. The largest absolute Gasteiger partial charge is 0.436 e. The summed E-state index contributed by atoms with van der Waals surface area (Å²) in [7, 11) is 0. The molecule has 0 unspecified atom stereocenters. The number of nitrogens with zero attached hydrogens (tertiary/aromatic N) is 2. The average molecular weight is 623 g/mol. The van der Waals surface area contributed by atoms with Gasteiger partial charge in [0.25, 0.3) is 0 Å². The molecule has 9 aromatic rings. The number of halogens is 1. The van der Waals surface area contributed by atoms with E-state index in [-0.39, 0.29) is 0 Å². The van der Waals surface area contributed by atoms with Gasteiger partial charge >= 0.3 is 0 Å². The topological polar surface area (TPSA) is 31.0 Å². The van der Waals surface area contributed by atoms with Crippen LogP contribution in [0.4, 0.5) is 0 Å². The summed E-state index contributed by atoms with van der Waals surface area (Å²) >= 11 is 6.21. The normalized spacial score (nSPS) is 11.5. The molecule has 2 heterocycles. The molecule has 3 nitrogen and oxygen atoms in total. The second-order valence-corrected chi connectivity index (χ2v) is 12.2. The van der Waals surface area contributed by atoms with E-state index in [9.17, 15) is 0 Å². The molecule has 2 aromatic heterocycles. The van der Waals surface area contributed by atoms with E-state index in [1.807, 2.05) is 30.3 Å². The third-order valence-corrected chi connectivity index (χ3v) is 9.14. The zero-order valence-electron chi connectivity index (χ0n) is 25.3. The highest BCUT2D eigenvalue weighted by Gasteiger charge is 2.18. The van der Waals surface area contributed by atoms with Crippen LogP contribution in [0.25, 0.3) is 83.4 Å². The van der Waals surface area contributed by atoms with Crippen LogP contribution in [0, 0.1) is 0 Å². The fraction of sp³-hybridized carbons (Fsp3) is 0. The summed E-state index contributed by atoms with van der Waals surface area (Å²) in [4.78, 5) is 5.07. The van der Waals surface area contributed by atoms with Gasteiger partial charge in [-0.3, -0.25) is 0 Å². The Labute approximate surface area is 276 Å². The lowest BCUT2D eigenvalue weighted by atomic mass is 9.95. The van der Waals surface area contributed by atoms with Crippen molar-refractivity contribution in [1.29, 1.82) is 0 Å². The van der Waals surface area contributed by atoms with Gasteiger partial charge in [-0.25, -0.2) is 4.98 Å². The quantitative estimate of drug-likeness (QED) is 0.191. The fourth-order valence-corrected chi connectivity index (χ4v) is 6.76. The first-order chi connectivity index (χ1) is 23.2. The van der Waals surface area contributed by atoms with Crippen LogP contribution in [0.2, 0.25) is 5.02 Å². The molecule has 0 atom stereocenters. The second-order valence-electron chi connectivity index (χ2n) is 11.8. The summed E-state index contributed by atoms with van der Waals surface area (Å²) in [5.74, 6) is 0.565. The molecule has 0 amide bonds. The minimum Gasteiger partial charge on any atom is -0.436 e. The maximum atomic E-state index is 6.49. The van der Waals surface area contributed by atoms with Crippen molar-refractivity contribution in [1.82, 2.24) is 9.55 Å². The molecule has 9 rings (SSSR count). The smallest absolute Gasteiger partial charge is 0.227 e. The average Bonchev–Trinajstić information content (AvgIpc) is 3.72. The SMILES string of the molecule is Clc1ccc(-c2nc3c(-c4ccc5c(c4)c4ccccc4n5-c4ccccc4)cc(-c4cccc(-c5ccccc5)c4)cc3o2)cc1. The summed E-state index contributed by atoms with van der Waals surface area (Å²) in [5.41, 5.74) is 12.5. The van der Waals surface area contributed by atoms with Crippen LogP contribution >= 0.6 is 11.6 Å². The zero-order chi connectivity index (χ0) is 31.3. The Morgan fingerprint density at radius 2 is 1.13 bits per heavy atom. The second kappa shape index (κ2) is 11.2. The Kier molecular flexibility index (Phi) is 6.51. The monoisotopic (exact) mass is 622 g/mol. The summed E-state index contributed by atoms with van der Waals surface area (Å²) in [6, 6.07) is 57.0. The first kappa shape index (κ1) is 27.4. The number of hydrogen-bond acceptors (Lipinski definition) is 2. The van der Waals surface area contributed by atoms with Crippen LogP contribution in [0.15, 0.2) is 168 Å². The molecule has 0 spiro atoms. The van der Waals surface area contributed by atoms with Crippen LogP contribution in [0.1, 0.15) is 0 Å². The van der Waals surface area contributed by atoms with Crippen molar-refractivity contribution in [2.75, 3.05) is 0 Å². The van der Waals surface area contributed by atoms with E-state index in [2.05, 4.69) is 138 Å². The van der Waals surface area contributed by atoms with Gasteiger partial charge in [-0.15, -0.1) is 0 Å². The van der Waals surface area contributed by atoms with E-state index in [0.717, 1.165) is 50.1 Å². The van der Waals surface area contributed by atoms with Gasteiger partial charge in [0.2, 0.25) is 5.89 Å². The zero-order valence-corrected chi connectivity index (χ0v) is 26.0. The highest BCUT2D eigenvalue weighted by molar-refractivity contribution is 6.30. The molecule has 0 aliphatic carbocycles. The summed E-state index contributed by atoms with van der Waals surface area (Å²) < 4.78 is 8.83. The first-order valence-corrected chi connectivity index (χ1v) is 16.0. The summed E-state index contributed by atoms with van der Waals surface area (Å²) in [6.45, 7) is 0. The molecule has 0 saturated carbocycles. The van der Waals surface area contributed by atoms with Gasteiger partial charge in [0.1, 0.15) is 5.52 Å². The molecule has 222 valence electrons. The predicted octanol–water partition coefficient (Wildman–Crippen LogP) is 12.2.